The van der Waals surface area contributed by atoms with Gasteiger partial charge < -0.3 is 15.4 Å². The van der Waals surface area contributed by atoms with Gasteiger partial charge in [0.25, 0.3) is 0 Å². The first-order valence-electron chi connectivity index (χ1n) is 6.82. The molecule has 1 amide bonds. The van der Waals surface area contributed by atoms with Crippen LogP contribution in [0.2, 0.25) is 0 Å². The maximum absolute atomic E-state index is 12.5. The average Bonchev–Trinajstić information content (AvgIpc) is 2.60. The van der Waals surface area contributed by atoms with Gasteiger partial charge in [0.2, 0.25) is 5.91 Å². The van der Waals surface area contributed by atoms with Gasteiger partial charge in [-0.2, -0.15) is 0 Å². The first-order valence-corrected chi connectivity index (χ1v) is 6.82. The van der Waals surface area contributed by atoms with E-state index in [1.165, 1.54) is 0 Å². The number of nitrogens with two attached hydrogens (primary N) is 1. The van der Waals surface area contributed by atoms with Crippen molar-refractivity contribution in [3.05, 3.63) is 0 Å². The lowest BCUT2D eigenvalue weighted by Crippen LogP contribution is -2.46. The van der Waals surface area contributed by atoms with Crippen molar-refractivity contribution in [3.8, 4) is 0 Å². The highest BCUT2D eigenvalue weighted by atomic mass is 16.5. The SMILES string of the molecule is CC1C(N)CCCC1C(=O)N1CCCOCC1. The summed E-state index contributed by atoms with van der Waals surface area (Å²) in [5.74, 6) is 0.760. The zero-order chi connectivity index (χ0) is 12.3. The Hall–Kier alpha value is -0.610. The summed E-state index contributed by atoms with van der Waals surface area (Å²) in [4.78, 5) is 14.5. The molecular weight excluding hydrogens is 216 g/mol. The highest BCUT2D eigenvalue weighted by Crippen LogP contribution is 2.30. The maximum atomic E-state index is 12.5. The number of hydrogen-bond acceptors (Lipinski definition) is 3. The fourth-order valence-electron chi connectivity index (χ4n) is 2.95. The zero-order valence-corrected chi connectivity index (χ0v) is 10.7. The van der Waals surface area contributed by atoms with Crippen LogP contribution in [0.1, 0.15) is 32.6 Å². The smallest absolute Gasteiger partial charge is 0.226 e. The Bertz CT molecular complexity index is 262. The van der Waals surface area contributed by atoms with Gasteiger partial charge in [0.15, 0.2) is 0 Å². The van der Waals surface area contributed by atoms with Gasteiger partial charge in [-0.3, -0.25) is 4.79 Å². The monoisotopic (exact) mass is 240 g/mol. The summed E-state index contributed by atoms with van der Waals surface area (Å²) in [7, 11) is 0. The highest BCUT2D eigenvalue weighted by molar-refractivity contribution is 5.79. The van der Waals surface area contributed by atoms with Gasteiger partial charge in [-0.1, -0.05) is 13.3 Å². The minimum atomic E-state index is 0.136. The van der Waals surface area contributed by atoms with Crippen LogP contribution in [0.5, 0.6) is 0 Å². The van der Waals surface area contributed by atoms with E-state index in [1.807, 2.05) is 4.90 Å². The third-order valence-corrected chi connectivity index (χ3v) is 4.21. The number of ether oxygens (including phenoxy) is 1. The quantitative estimate of drug-likeness (QED) is 0.744. The van der Waals surface area contributed by atoms with Gasteiger partial charge in [-0.05, 0) is 25.2 Å². The second kappa shape index (κ2) is 5.83. The van der Waals surface area contributed by atoms with Crippen molar-refractivity contribution in [2.75, 3.05) is 26.3 Å². The molecule has 2 fully saturated rings. The third-order valence-electron chi connectivity index (χ3n) is 4.21. The summed E-state index contributed by atoms with van der Waals surface area (Å²) in [6, 6.07) is 0.195. The molecule has 4 heteroatoms. The van der Waals surface area contributed by atoms with Crippen LogP contribution < -0.4 is 5.73 Å². The Kier molecular flexibility index (Phi) is 4.40. The van der Waals surface area contributed by atoms with E-state index in [9.17, 15) is 4.79 Å². The number of amides is 1. The largest absolute Gasteiger partial charge is 0.380 e. The fraction of sp³-hybridized carbons (Fsp3) is 0.923. The van der Waals surface area contributed by atoms with E-state index >= 15 is 0 Å². The van der Waals surface area contributed by atoms with Crippen LogP contribution >= 0.6 is 0 Å². The van der Waals surface area contributed by atoms with E-state index in [-0.39, 0.29) is 12.0 Å². The Labute approximate surface area is 103 Å². The van der Waals surface area contributed by atoms with Gasteiger partial charge in [0.05, 0.1) is 6.61 Å². The molecule has 1 aliphatic carbocycles. The minimum Gasteiger partial charge on any atom is -0.380 e. The van der Waals surface area contributed by atoms with Gasteiger partial charge in [-0.15, -0.1) is 0 Å². The van der Waals surface area contributed by atoms with Crippen LogP contribution in [-0.4, -0.2) is 43.2 Å². The highest BCUT2D eigenvalue weighted by Gasteiger charge is 2.35. The van der Waals surface area contributed by atoms with Crippen molar-refractivity contribution in [2.45, 2.75) is 38.6 Å². The van der Waals surface area contributed by atoms with Crippen LogP contribution in [0.25, 0.3) is 0 Å². The molecule has 0 aromatic heterocycles. The second-order valence-electron chi connectivity index (χ2n) is 5.35. The molecule has 2 aliphatic rings. The van der Waals surface area contributed by atoms with Gasteiger partial charge in [0, 0.05) is 31.7 Å². The molecule has 1 heterocycles. The van der Waals surface area contributed by atoms with Crippen LogP contribution in [0, 0.1) is 11.8 Å². The molecule has 2 N–H and O–H groups in total. The number of carbonyl (C=O) groups is 1. The summed E-state index contributed by atoms with van der Waals surface area (Å²) >= 11 is 0. The molecule has 0 spiro atoms. The summed E-state index contributed by atoms with van der Waals surface area (Å²) in [6.45, 7) is 5.18. The van der Waals surface area contributed by atoms with Crippen LogP contribution in [0.3, 0.4) is 0 Å². The van der Waals surface area contributed by atoms with E-state index in [0.29, 0.717) is 18.4 Å². The topological polar surface area (TPSA) is 55.6 Å². The summed E-state index contributed by atoms with van der Waals surface area (Å²) in [5.41, 5.74) is 6.07. The molecule has 1 saturated carbocycles. The first-order chi connectivity index (χ1) is 8.20. The van der Waals surface area contributed by atoms with Gasteiger partial charge in [-0.25, -0.2) is 0 Å². The third kappa shape index (κ3) is 2.99. The normalized spacial score (nSPS) is 35.4. The van der Waals surface area contributed by atoms with Crippen LogP contribution in [0.4, 0.5) is 0 Å². The van der Waals surface area contributed by atoms with Crippen molar-refractivity contribution in [1.29, 1.82) is 0 Å². The summed E-state index contributed by atoms with van der Waals surface area (Å²) in [5, 5.41) is 0. The molecule has 2 rings (SSSR count). The molecule has 0 aromatic carbocycles. The molecule has 0 bridgehead atoms. The Morgan fingerprint density at radius 1 is 1.24 bits per heavy atom. The van der Waals surface area contributed by atoms with Crippen molar-refractivity contribution >= 4 is 5.91 Å². The maximum Gasteiger partial charge on any atom is 0.226 e. The lowest BCUT2D eigenvalue weighted by atomic mass is 9.76. The number of carbonyl (C=O) groups excluding carboxylic acids is 1. The molecule has 17 heavy (non-hydrogen) atoms. The van der Waals surface area contributed by atoms with E-state index < -0.39 is 0 Å². The Morgan fingerprint density at radius 2 is 2.06 bits per heavy atom. The van der Waals surface area contributed by atoms with E-state index in [4.69, 9.17) is 10.5 Å². The van der Waals surface area contributed by atoms with Crippen LogP contribution in [-0.2, 0) is 9.53 Å². The second-order valence-corrected chi connectivity index (χ2v) is 5.35. The molecule has 3 unspecified atom stereocenters. The Balaban J connectivity index is 1.97. The van der Waals surface area contributed by atoms with Gasteiger partial charge >= 0.3 is 0 Å². The minimum absolute atomic E-state index is 0.136. The number of rotatable bonds is 1. The molecule has 98 valence electrons. The lowest BCUT2D eigenvalue weighted by Gasteiger charge is -2.35. The fourth-order valence-corrected chi connectivity index (χ4v) is 2.95. The van der Waals surface area contributed by atoms with Crippen molar-refractivity contribution in [2.24, 2.45) is 17.6 Å². The van der Waals surface area contributed by atoms with Crippen molar-refractivity contribution < 1.29 is 9.53 Å². The summed E-state index contributed by atoms with van der Waals surface area (Å²) < 4.78 is 5.39. The van der Waals surface area contributed by atoms with E-state index in [0.717, 1.165) is 45.4 Å². The number of nitrogens with zero attached hydrogens (tertiary/aromatic N) is 1. The molecular formula is C13H24N2O2. The predicted molar refractivity (Wildman–Crippen MR) is 66.5 cm³/mol. The summed E-state index contributed by atoms with van der Waals surface area (Å²) in [6.07, 6.45) is 4.12. The van der Waals surface area contributed by atoms with E-state index in [2.05, 4.69) is 6.92 Å². The molecule has 4 nitrogen and oxygen atoms in total. The van der Waals surface area contributed by atoms with Crippen molar-refractivity contribution in [1.82, 2.24) is 4.90 Å². The molecule has 1 aliphatic heterocycles. The molecule has 1 saturated heterocycles. The lowest BCUT2D eigenvalue weighted by molar-refractivity contribution is -0.138. The molecule has 0 radical (unpaired) electrons. The average molecular weight is 240 g/mol. The predicted octanol–water partition coefficient (Wildman–Crippen LogP) is 0.999. The molecule has 0 aromatic rings. The van der Waals surface area contributed by atoms with E-state index in [1.54, 1.807) is 0 Å². The van der Waals surface area contributed by atoms with Gasteiger partial charge in [0.1, 0.15) is 0 Å². The zero-order valence-electron chi connectivity index (χ0n) is 10.7. The van der Waals surface area contributed by atoms with Crippen LogP contribution in [0.15, 0.2) is 0 Å². The standard InChI is InChI=1S/C13H24N2O2/c1-10-11(4-2-5-12(10)14)13(16)15-6-3-8-17-9-7-15/h10-12H,2-9,14H2,1H3. The first kappa shape index (κ1) is 12.8. The number of hydrogen-bond donors (Lipinski definition) is 1. The van der Waals surface area contributed by atoms with Crippen molar-refractivity contribution in [3.63, 3.8) is 0 Å². The molecule has 3 atom stereocenters. The Morgan fingerprint density at radius 3 is 2.88 bits per heavy atom.